The molecular weight excluding hydrogens is 829 g/mol. The Morgan fingerprint density at radius 2 is 0.424 bits per heavy atom. The van der Waals surface area contributed by atoms with Crippen LogP contribution >= 0.6 is 0 Å². The van der Waals surface area contributed by atoms with Crippen molar-refractivity contribution >= 4 is 17.9 Å². The fourth-order valence-electron chi connectivity index (χ4n) is 7.47. The number of hydrogen-bond acceptors (Lipinski definition) is 9. The van der Waals surface area contributed by atoms with Crippen LogP contribution in [-0.4, -0.2) is 71.4 Å². The number of hydrogen-bond donors (Lipinski definition) is 3. The molecule has 0 amide bonds. The van der Waals surface area contributed by atoms with E-state index in [0.717, 1.165) is 38.5 Å². The van der Waals surface area contributed by atoms with Crippen LogP contribution in [0.15, 0.2) is 0 Å². The Morgan fingerprint density at radius 1 is 0.273 bits per heavy atom. The lowest BCUT2D eigenvalue weighted by Crippen LogP contribution is -2.17. The molecular formula is C57H114O9. The summed E-state index contributed by atoms with van der Waals surface area (Å²) in [5.74, 6) is -0.501. The van der Waals surface area contributed by atoms with Crippen LogP contribution in [0.3, 0.4) is 0 Å². The van der Waals surface area contributed by atoms with Gasteiger partial charge in [-0.3, -0.25) is 14.4 Å². The Morgan fingerprint density at radius 3 is 0.576 bits per heavy atom. The van der Waals surface area contributed by atoms with Crippen LogP contribution in [0.25, 0.3) is 0 Å². The Balaban J connectivity index is -0.000000903. The number of unbranched alkanes of at least 4 members (excludes halogenated alkanes) is 33. The number of ether oxygens (including phenoxy) is 3. The maximum absolute atomic E-state index is 11.4. The van der Waals surface area contributed by atoms with E-state index in [4.69, 9.17) is 14.2 Å². The quantitative estimate of drug-likeness (QED) is 0.0309. The zero-order valence-corrected chi connectivity index (χ0v) is 44.8. The molecule has 396 valence electrons. The molecule has 0 rings (SSSR count). The highest BCUT2D eigenvalue weighted by Crippen LogP contribution is 2.16. The first-order chi connectivity index (χ1) is 32.1. The molecule has 0 aliphatic rings. The van der Waals surface area contributed by atoms with E-state index in [0.29, 0.717) is 38.5 Å². The predicted molar refractivity (Wildman–Crippen MR) is 279 cm³/mol. The second-order valence-electron chi connectivity index (χ2n) is 19.2. The molecule has 0 aromatic carbocycles. The van der Waals surface area contributed by atoms with Gasteiger partial charge >= 0.3 is 17.9 Å². The van der Waals surface area contributed by atoms with Gasteiger partial charge in [0.25, 0.3) is 0 Å². The molecule has 0 spiro atoms. The molecule has 0 aromatic heterocycles. The lowest BCUT2D eigenvalue weighted by atomic mass is 10.0. The highest BCUT2D eigenvalue weighted by atomic mass is 16.5. The normalized spacial score (nSPS) is 12.3. The van der Waals surface area contributed by atoms with E-state index in [-0.39, 0.29) is 37.7 Å². The Labute approximate surface area is 409 Å². The van der Waals surface area contributed by atoms with E-state index in [1.165, 1.54) is 193 Å². The summed E-state index contributed by atoms with van der Waals surface area (Å²) < 4.78 is 15.0. The third-order valence-electron chi connectivity index (χ3n) is 12.4. The van der Waals surface area contributed by atoms with E-state index in [9.17, 15) is 29.7 Å². The van der Waals surface area contributed by atoms with Crippen molar-refractivity contribution in [3.63, 3.8) is 0 Å². The number of rotatable bonds is 48. The molecule has 9 heteroatoms. The predicted octanol–water partition coefficient (Wildman–Crippen LogP) is 16.2. The minimum atomic E-state index is -0.509. The zero-order valence-electron chi connectivity index (χ0n) is 44.8. The van der Waals surface area contributed by atoms with E-state index < -0.39 is 18.3 Å². The highest BCUT2D eigenvalue weighted by Gasteiger charge is 2.09. The Kier molecular flexibility index (Phi) is 61.7. The number of aliphatic hydroxyl groups excluding tert-OH is 3. The summed E-state index contributed by atoms with van der Waals surface area (Å²) in [6, 6.07) is 0. The van der Waals surface area contributed by atoms with E-state index in [1.807, 2.05) is 20.8 Å². The Hall–Kier alpha value is -1.71. The summed E-state index contributed by atoms with van der Waals surface area (Å²) in [7, 11) is 0. The van der Waals surface area contributed by atoms with Crippen LogP contribution in [0, 0.1) is 0 Å². The van der Waals surface area contributed by atoms with Crippen molar-refractivity contribution in [2.45, 2.75) is 330 Å². The molecule has 0 radical (unpaired) electrons. The largest absolute Gasteiger partial charge is 0.463 e. The molecule has 0 bridgehead atoms. The van der Waals surface area contributed by atoms with Crippen LogP contribution in [0.2, 0.25) is 0 Å². The molecule has 66 heavy (non-hydrogen) atoms. The van der Waals surface area contributed by atoms with Gasteiger partial charge in [-0.15, -0.1) is 0 Å². The van der Waals surface area contributed by atoms with Crippen molar-refractivity contribution < 1.29 is 43.9 Å². The van der Waals surface area contributed by atoms with Gasteiger partial charge in [-0.1, -0.05) is 253 Å². The highest BCUT2D eigenvalue weighted by molar-refractivity contribution is 5.69. The lowest BCUT2D eigenvalue weighted by Gasteiger charge is -2.08. The first kappa shape index (κ1) is 68.6. The van der Waals surface area contributed by atoms with Gasteiger partial charge in [-0.2, -0.15) is 0 Å². The summed E-state index contributed by atoms with van der Waals surface area (Å²) in [5.41, 5.74) is 0. The first-order valence-corrected chi connectivity index (χ1v) is 28.6. The van der Waals surface area contributed by atoms with Crippen molar-refractivity contribution in [1.29, 1.82) is 0 Å². The monoisotopic (exact) mass is 943 g/mol. The van der Waals surface area contributed by atoms with E-state index in [2.05, 4.69) is 20.8 Å². The summed E-state index contributed by atoms with van der Waals surface area (Å²) in [6.07, 6.45) is 48.5. The maximum atomic E-state index is 11.4. The minimum Gasteiger partial charge on any atom is -0.463 e. The van der Waals surface area contributed by atoms with Crippen molar-refractivity contribution in [2.24, 2.45) is 0 Å². The van der Waals surface area contributed by atoms with Gasteiger partial charge < -0.3 is 29.5 Å². The molecule has 3 atom stereocenters. The van der Waals surface area contributed by atoms with Crippen LogP contribution in [0.4, 0.5) is 0 Å². The van der Waals surface area contributed by atoms with E-state index in [1.54, 1.807) is 0 Å². The van der Waals surface area contributed by atoms with Gasteiger partial charge in [0, 0.05) is 19.3 Å². The molecule has 0 saturated heterocycles. The smallest absolute Gasteiger partial charge is 0.305 e. The van der Waals surface area contributed by atoms with Crippen LogP contribution in [0.5, 0.6) is 0 Å². The lowest BCUT2D eigenvalue weighted by molar-refractivity contribution is -0.147. The molecule has 0 fully saturated rings. The number of carbonyl (C=O) groups excluding carboxylic acids is 3. The van der Waals surface area contributed by atoms with Gasteiger partial charge in [0.2, 0.25) is 0 Å². The third kappa shape index (κ3) is 62.3. The molecule has 0 aliphatic heterocycles. The molecule has 0 aromatic rings. The van der Waals surface area contributed by atoms with Crippen LogP contribution in [0.1, 0.15) is 311 Å². The average Bonchev–Trinajstić information content (AvgIpc) is 3.32. The number of carbonyl (C=O) groups is 3. The van der Waals surface area contributed by atoms with Crippen molar-refractivity contribution in [2.75, 3.05) is 19.8 Å². The summed E-state index contributed by atoms with van der Waals surface area (Å²) in [6.45, 7) is 12.8. The fraction of sp³-hybridized carbons (Fsp3) is 0.947. The molecule has 0 heterocycles. The standard InChI is InChI=1S/C20H40O3.C19H38O3.C18H36O3/c1-3-5-6-7-8-9-10-11-12-13-14-15-16-17-20(22)23-18-19(21)4-2;1-3-5-6-7-8-9-10-11-12-13-14-15-16-19(21)22-17-18(20)4-2;1-3-5-6-7-8-9-10-11-12-13-14-15-18(20)21-16-17(19)4-2/h19,21H,3-18H2,1-2H3;18,20H,3-17H2,1-2H3;17,19H,3-16H2,1-2H3. The van der Waals surface area contributed by atoms with Crippen LogP contribution < -0.4 is 0 Å². The molecule has 9 nitrogen and oxygen atoms in total. The summed E-state index contributed by atoms with van der Waals surface area (Å²) in [5, 5.41) is 27.9. The second-order valence-corrected chi connectivity index (χ2v) is 19.2. The maximum Gasteiger partial charge on any atom is 0.305 e. The molecule has 0 saturated carbocycles. The van der Waals surface area contributed by atoms with Gasteiger partial charge in [0.05, 0.1) is 18.3 Å². The van der Waals surface area contributed by atoms with Crippen molar-refractivity contribution in [3.8, 4) is 0 Å². The summed E-state index contributed by atoms with van der Waals surface area (Å²) >= 11 is 0. The van der Waals surface area contributed by atoms with Crippen molar-refractivity contribution in [1.82, 2.24) is 0 Å². The topological polar surface area (TPSA) is 140 Å². The average molecular weight is 944 g/mol. The number of aliphatic hydroxyl groups is 3. The van der Waals surface area contributed by atoms with Crippen LogP contribution in [-0.2, 0) is 28.6 Å². The van der Waals surface area contributed by atoms with E-state index >= 15 is 0 Å². The Bertz CT molecular complexity index is 960. The zero-order chi connectivity index (χ0) is 49.4. The second kappa shape index (κ2) is 59.4. The first-order valence-electron chi connectivity index (χ1n) is 28.6. The molecule has 3 N–H and O–H groups in total. The number of esters is 3. The van der Waals surface area contributed by atoms with Gasteiger partial charge in [-0.05, 0) is 38.5 Å². The summed E-state index contributed by atoms with van der Waals surface area (Å²) in [4.78, 5) is 34.2. The van der Waals surface area contributed by atoms with Gasteiger partial charge in [0.15, 0.2) is 0 Å². The van der Waals surface area contributed by atoms with Crippen molar-refractivity contribution in [3.05, 3.63) is 0 Å². The fourth-order valence-corrected chi connectivity index (χ4v) is 7.47. The van der Waals surface area contributed by atoms with Gasteiger partial charge in [-0.25, -0.2) is 0 Å². The third-order valence-corrected chi connectivity index (χ3v) is 12.4. The minimum absolute atomic E-state index is 0.146. The molecule has 3 unspecified atom stereocenters. The molecule has 0 aliphatic carbocycles. The SMILES string of the molecule is CCCCCCCCCCCCCC(=O)OCC(O)CC.CCCCCCCCCCCCCCC(=O)OCC(O)CC.CCCCCCCCCCCCCCCC(=O)OCC(O)CC. The van der Waals surface area contributed by atoms with Gasteiger partial charge in [0.1, 0.15) is 19.8 Å².